The first-order valence-corrected chi connectivity index (χ1v) is 7.44. The molecule has 0 aromatic heterocycles. The summed E-state index contributed by atoms with van der Waals surface area (Å²) in [7, 11) is 0. The van der Waals surface area contributed by atoms with Crippen molar-refractivity contribution < 1.29 is 20.1 Å². The Morgan fingerprint density at radius 3 is 2.38 bits per heavy atom. The van der Waals surface area contributed by atoms with Crippen LogP contribution in [0.5, 0.6) is 5.75 Å². The lowest BCUT2D eigenvalue weighted by Gasteiger charge is -2.23. The van der Waals surface area contributed by atoms with Gasteiger partial charge >= 0.3 is 0 Å². The number of hydrogen-bond acceptors (Lipinski definition) is 5. The monoisotopic (exact) mass is 297 g/mol. The Morgan fingerprint density at radius 1 is 1.14 bits per heavy atom. The lowest BCUT2D eigenvalue weighted by molar-refractivity contribution is 0.0552. The highest BCUT2D eigenvalue weighted by Gasteiger charge is 2.12. The van der Waals surface area contributed by atoms with Crippen molar-refractivity contribution in [3.63, 3.8) is 0 Å². The molecule has 1 atom stereocenters. The Labute approximate surface area is 126 Å². The number of ether oxygens (including phenoxy) is 1. The summed E-state index contributed by atoms with van der Waals surface area (Å²) in [5, 5.41) is 27.9. The molecule has 0 aliphatic rings. The molecule has 0 saturated carbocycles. The summed E-state index contributed by atoms with van der Waals surface area (Å²) >= 11 is 0. The average molecular weight is 297 g/mol. The molecule has 0 amide bonds. The minimum Gasteiger partial charge on any atom is -0.491 e. The molecule has 0 heterocycles. The standard InChI is InChI=1S/C16H27NO4/c1-3-14-8-13(2)9-16(10-14)21-12-15(20)11-17(4-6-18)5-7-19/h8-10,15,18-20H,3-7,11-12H2,1-2H3/t15-/m1/s1. The first kappa shape index (κ1) is 17.9. The predicted octanol–water partition coefficient (Wildman–Crippen LogP) is 0.584. The van der Waals surface area contributed by atoms with Crippen LogP contribution in [0.25, 0.3) is 0 Å². The SMILES string of the molecule is CCc1cc(C)cc(OC[C@H](O)CN(CCO)CCO)c1. The first-order valence-electron chi connectivity index (χ1n) is 7.44. The van der Waals surface area contributed by atoms with Gasteiger partial charge in [-0.2, -0.15) is 0 Å². The smallest absolute Gasteiger partial charge is 0.119 e. The van der Waals surface area contributed by atoms with Crippen LogP contribution in [-0.4, -0.2) is 65.8 Å². The molecule has 0 bridgehead atoms. The third-order valence-electron chi connectivity index (χ3n) is 3.26. The molecule has 0 fully saturated rings. The molecular formula is C16H27NO4. The molecule has 21 heavy (non-hydrogen) atoms. The van der Waals surface area contributed by atoms with Gasteiger partial charge in [-0.15, -0.1) is 0 Å². The topological polar surface area (TPSA) is 73.2 Å². The maximum atomic E-state index is 10.0. The quantitative estimate of drug-likeness (QED) is 0.589. The molecule has 0 spiro atoms. The molecule has 5 heteroatoms. The molecule has 0 unspecified atom stereocenters. The minimum atomic E-state index is -0.659. The van der Waals surface area contributed by atoms with E-state index in [2.05, 4.69) is 13.0 Å². The summed E-state index contributed by atoms with van der Waals surface area (Å²) in [5.41, 5.74) is 2.35. The second-order valence-electron chi connectivity index (χ2n) is 5.22. The number of hydrogen-bond donors (Lipinski definition) is 3. The fourth-order valence-corrected chi connectivity index (χ4v) is 2.23. The molecule has 1 rings (SSSR count). The van der Waals surface area contributed by atoms with E-state index in [-0.39, 0.29) is 19.8 Å². The van der Waals surface area contributed by atoms with Crippen LogP contribution in [0, 0.1) is 6.92 Å². The number of aryl methyl sites for hydroxylation is 2. The van der Waals surface area contributed by atoms with Crippen molar-refractivity contribution in [1.82, 2.24) is 4.90 Å². The Hall–Kier alpha value is -1.14. The second-order valence-corrected chi connectivity index (χ2v) is 5.22. The average Bonchev–Trinajstić information content (AvgIpc) is 2.45. The zero-order valence-corrected chi connectivity index (χ0v) is 13.0. The van der Waals surface area contributed by atoms with Crippen molar-refractivity contribution in [3.8, 4) is 5.75 Å². The van der Waals surface area contributed by atoms with E-state index in [1.807, 2.05) is 24.0 Å². The van der Waals surface area contributed by atoms with Gasteiger partial charge in [-0.25, -0.2) is 0 Å². The number of aliphatic hydroxyl groups excluding tert-OH is 3. The summed E-state index contributed by atoms with van der Waals surface area (Å²) in [6, 6.07) is 6.05. The van der Waals surface area contributed by atoms with E-state index in [0.29, 0.717) is 19.6 Å². The molecule has 1 aromatic carbocycles. The van der Waals surface area contributed by atoms with E-state index >= 15 is 0 Å². The summed E-state index contributed by atoms with van der Waals surface area (Å²) in [6.45, 7) is 5.55. The van der Waals surface area contributed by atoms with Gasteiger partial charge in [-0.05, 0) is 36.6 Å². The molecule has 1 aromatic rings. The van der Waals surface area contributed by atoms with Crippen molar-refractivity contribution in [2.45, 2.75) is 26.4 Å². The highest BCUT2D eigenvalue weighted by Crippen LogP contribution is 2.17. The summed E-state index contributed by atoms with van der Waals surface area (Å²) in [4.78, 5) is 1.81. The third kappa shape index (κ3) is 6.91. The van der Waals surface area contributed by atoms with Crippen molar-refractivity contribution in [1.29, 1.82) is 0 Å². The van der Waals surface area contributed by atoms with Crippen LogP contribution in [0.3, 0.4) is 0 Å². The molecule has 0 radical (unpaired) electrons. The maximum Gasteiger partial charge on any atom is 0.119 e. The Balaban J connectivity index is 2.48. The molecular weight excluding hydrogens is 270 g/mol. The fourth-order valence-electron chi connectivity index (χ4n) is 2.23. The van der Waals surface area contributed by atoms with Crippen LogP contribution in [-0.2, 0) is 6.42 Å². The zero-order chi connectivity index (χ0) is 15.7. The van der Waals surface area contributed by atoms with E-state index in [4.69, 9.17) is 14.9 Å². The van der Waals surface area contributed by atoms with Gasteiger partial charge in [0.25, 0.3) is 0 Å². The maximum absolute atomic E-state index is 10.0. The van der Waals surface area contributed by atoms with E-state index < -0.39 is 6.10 Å². The van der Waals surface area contributed by atoms with E-state index in [1.165, 1.54) is 5.56 Å². The third-order valence-corrected chi connectivity index (χ3v) is 3.26. The Bertz CT molecular complexity index is 405. The molecule has 3 N–H and O–H groups in total. The van der Waals surface area contributed by atoms with Crippen LogP contribution < -0.4 is 4.74 Å². The Kier molecular flexibility index (Phi) is 8.30. The summed E-state index contributed by atoms with van der Waals surface area (Å²) in [5.74, 6) is 0.766. The molecule has 120 valence electrons. The lowest BCUT2D eigenvalue weighted by atomic mass is 10.1. The van der Waals surface area contributed by atoms with Crippen LogP contribution in [0.15, 0.2) is 18.2 Å². The van der Waals surface area contributed by atoms with Gasteiger partial charge < -0.3 is 20.1 Å². The van der Waals surface area contributed by atoms with Crippen LogP contribution in [0.4, 0.5) is 0 Å². The molecule has 5 nitrogen and oxygen atoms in total. The van der Waals surface area contributed by atoms with Crippen LogP contribution >= 0.6 is 0 Å². The number of rotatable bonds is 10. The summed E-state index contributed by atoms with van der Waals surface area (Å²) in [6.07, 6.45) is 0.287. The largest absolute Gasteiger partial charge is 0.491 e. The van der Waals surface area contributed by atoms with Crippen molar-refractivity contribution >= 4 is 0 Å². The zero-order valence-electron chi connectivity index (χ0n) is 13.0. The fraction of sp³-hybridized carbons (Fsp3) is 0.625. The van der Waals surface area contributed by atoms with Crippen LogP contribution in [0.2, 0.25) is 0 Å². The van der Waals surface area contributed by atoms with E-state index in [9.17, 15) is 5.11 Å². The van der Waals surface area contributed by atoms with Gasteiger partial charge in [-0.3, -0.25) is 4.90 Å². The van der Waals surface area contributed by atoms with Gasteiger partial charge in [0.05, 0.1) is 13.2 Å². The highest BCUT2D eigenvalue weighted by atomic mass is 16.5. The minimum absolute atomic E-state index is 0.00527. The highest BCUT2D eigenvalue weighted by molar-refractivity contribution is 5.33. The normalized spacial score (nSPS) is 12.7. The van der Waals surface area contributed by atoms with Crippen molar-refractivity contribution in [2.24, 2.45) is 0 Å². The van der Waals surface area contributed by atoms with Crippen molar-refractivity contribution in [2.75, 3.05) is 39.5 Å². The molecule has 0 saturated heterocycles. The first-order chi connectivity index (χ1) is 10.1. The van der Waals surface area contributed by atoms with E-state index in [0.717, 1.165) is 17.7 Å². The van der Waals surface area contributed by atoms with Gasteiger partial charge in [0.1, 0.15) is 18.5 Å². The summed E-state index contributed by atoms with van der Waals surface area (Å²) < 4.78 is 5.65. The Morgan fingerprint density at radius 2 is 1.81 bits per heavy atom. The van der Waals surface area contributed by atoms with Gasteiger partial charge in [0, 0.05) is 19.6 Å². The number of aliphatic hydroxyl groups is 3. The van der Waals surface area contributed by atoms with E-state index in [1.54, 1.807) is 0 Å². The second kappa shape index (κ2) is 9.73. The molecule has 0 aliphatic heterocycles. The van der Waals surface area contributed by atoms with Gasteiger partial charge in [0.15, 0.2) is 0 Å². The number of nitrogens with zero attached hydrogens (tertiary/aromatic N) is 1. The lowest BCUT2D eigenvalue weighted by Crippen LogP contribution is -2.38. The number of benzene rings is 1. The predicted molar refractivity (Wildman–Crippen MR) is 82.7 cm³/mol. The van der Waals surface area contributed by atoms with Gasteiger partial charge in [0.2, 0.25) is 0 Å². The van der Waals surface area contributed by atoms with Gasteiger partial charge in [-0.1, -0.05) is 13.0 Å². The molecule has 0 aliphatic carbocycles. The van der Waals surface area contributed by atoms with Crippen LogP contribution in [0.1, 0.15) is 18.1 Å². The van der Waals surface area contributed by atoms with Crippen molar-refractivity contribution in [3.05, 3.63) is 29.3 Å².